The number of aromatic nitrogens is 2. The first-order chi connectivity index (χ1) is 12.7. The van der Waals surface area contributed by atoms with Crippen molar-refractivity contribution in [2.24, 2.45) is 5.92 Å². The largest absolute Gasteiger partial charge is 0.334 e. The van der Waals surface area contributed by atoms with E-state index in [2.05, 4.69) is 41.5 Å². The maximum absolute atomic E-state index is 14.1. The maximum atomic E-state index is 14.1. The predicted octanol–water partition coefficient (Wildman–Crippen LogP) is 4.81. The van der Waals surface area contributed by atoms with Crippen LogP contribution in [-0.4, -0.2) is 27.1 Å². The molecule has 0 atom stereocenters. The molecule has 0 aliphatic rings. The van der Waals surface area contributed by atoms with E-state index in [-0.39, 0.29) is 24.7 Å². The van der Waals surface area contributed by atoms with Gasteiger partial charge >= 0.3 is 0 Å². The van der Waals surface area contributed by atoms with Crippen molar-refractivity contribution in [3.63, 3.8) is 0 Å². The highest BCUT2D eigenvalue weighted by molar-refractivity contribution is 9.10. The summed E-state index contributed by atoms with van der Waals surface area (Å²) in [6.45, 7) is 13.3. The van der Waals surface area contributed by atoms with Crippen molar-refractivity contribution in [2.45, 2.75) is 47.2 Å². The summed E-state index contributed by atoms with van der Waals surface area (Å²) in [6.07, 6.45) is 1.91. The molecule has 2 rings (SSSR count). The minimum absolute atomic E-state index is 0.0652. The molecule has 6 heteroatoms. The van der Waals surface area contributed by atoms with E-state index in [9.17, 15) is 9.18 Å². The third-order valence-corrected chi connectivity index (χ3v) is 4.96. The first kappa shape index (κ1) is 21.4. The highest BCUT2D eigenvalue weighted by Crippen LogP contribution is 2.20. The summed E-state index contributed by atoms with van der Waals surface area (Å²) in [5.74, 6) is 0.0880. The van der Waals surface area contributed by atoms with Crippen molar-refractivity contribution in [3.05, 3.63) is 63.7 Å². The lowest BCUT2D eigenvalue weighted by atomic mass is 10.1. The van der Waals surface area contributed by atoms with Crippen LogP contribution in [0.25, 0.3) is 0 Å². The Morgan fingerprint density at radius 1 is 1.41 bits per heavy atom. The molecule has 0 unspecified atom stereocenters. The molecular formula is C21H27BrFN3O. The van der Waals surface area contributed by atoms with E-state index in [0.29, 0.717) is 18.0 Å². The van der Waals surface area contributed by atoms with E-state index in [4.69, 9.17) is 0 Å². The second kappa shape index (κ2) is 9.31. The number of nitrogens with zero attached hydrogens (tertiary/aromatic N) is 3. The van der Waals surface area contributed by atoms with Gasteiger partial charge in [0, 0.05) is 40.9 Å². The van der Waals surface area contributed by atoms with Crippen LogP contribution >= 0.6 is 15.9 Å². The fraction of sp³-hybridized carbons (Fsp3) is 0.429. The number of aryl methyl sites for hydroxylation is 1. The van der Waals surface area contributed by atoms with Gasteiger partial charge in [0.05, 0.1) is 12.1 Å². The van der Waals surface area contributed by atoms with Gasteiger partial charge < -0.3 is 4.90 Å². The average Bonchev–Trinajstić information content (AvgIpc) is 2.84. The van der Waals surface area contributed by atoms with Crippen molar-refractivity contribution in [1.82, 2.24) is 14.7 Å². The summed E-state index contributed by atoms with van der Waals surface area (Å²) in [4.78, 5) is 14.6. The fourth-order valence-electron chi connectivity index (χ4n) is 3.06. The second-order valence-corrected chi connectivity index (χ2v) is 8.12. The van der Waals surface area contributed by atoms with Gasteiger partial charge in [-0.25, -0.2) is 4.39 Å². The van der Waals surface area contributed by atoms with Crippen molar-refractivity contribution >= 4 is 21.8 Å². The second-order valence-electron chi connectivity index (χ2n) is 7.20. The van der Waals surface area contributed by atoms with Gasteiger partial charge in [-0.1, -0.05) is 35.9 Å². The van der Waals surface area contributed by atoms with Crippen LogP contribution in [0.15, 0.2) is 35.3 Å². The van der Waals surface area contributed by atoms with Gasteiger partial charge in [-0.15, -0.1) is 6.58 Å². The Balaban J connectivity index is 2.21. The number of halogens is 2. The Hall–Kier alpha value is -1.95. The lowest BCUT2D eigenvalue weighted by Gasteiger charge is -2.22. The molecule has 0 N–H and O–H groups in total. The minimum atomic E-state index is -0.322. The first-order valence-corrected chi connectivity index (χ1v) is 9.87. The zero-order valence-corrected chi connectivity index (χ0v) is 18.0. The molecule has 2 aromatic rings. The number of carbonyl (C=O) groups is 1. The van der Waals surface area contributed by atoms with Crippen molar-refractivity contribution in [3.8, 4) is 0 Å². The molecule has 0 saturated carbocycles. The van der Waals surface area contributed by atoms with Crippen LogP contribution < -0.4 is 0 Å². The number of hydrogen-bond donors (Lipinski definition) is 0. The maximum Gasteiger partial charge on any atom is 0.227 e. The molecule has 0 aliphatic carbocycles. The monoisotopic (exact) mass is 435 g/mol. The van der Waals surface area contributed by atoms with Gasteiger partial charge in [0.2, 0.25) is 5.91 Å². The van der Waals surface area contributed by atoms with Gasteiger partial charge in [-0.05, 0) is 38.0 Å². The van der Waals surface area contributed by atoms with E-state index in [1.165, 1.54) is 6.07 Å². The molecule has 0 saturated heterocycles. The quantitative estimate of drug-likeness (QED) is 0.557. The van der Waals surface area contributed by atoms with Gasteiger partial charge in [0.25, 0.3) is 0 Å². The number of carbonyl (C=O) groups excluding carboxylic acids is 1. The van der Waals surface area contributed by atoms with Crippen LogP contribution in [0.3, 0.4) is 0 Å². The number of benzene rings is 1. The molecule has 1 amide bonds. The van der Waals surface area contributed by atoms with E-state index in [1.54, 1.807) is 23.1 Å². The van der Waals surface area contributed by atoms with Crippen LogP contribution in [0.1, 0.15) is 36.4 Å². The molecule has 0 aliphatic heterocycles. The topological polar surface area (TPSA) is 38.1 Å². The third-order valence-electron chi connectivity index (χ3n) is 4.47. The Kier molecular flexibility index (Phi) is 7.36. The Morgan fingerprint density at radius 3 is 2.74 bits per heavy atom. The van der Waals surface area contributed by atoms with Gasteiger partial charge in [-0.2, -0.15) is 5.10 Å². The predicted molar refractivity (Wildman–Crippen MR) is 110 cm³/mol. The number of hydrogen-bond acceptors (Lipinski definition) is 2. The molecule has 0 fully saturated rings. The molecule has 4 nitrogen and oxygen atoms in total. The van der Waals surface area contributed by atoms with E-state index in [0.717, 1.165) is 28.0 Å². The van der Waals surface area contributed by atoms with E-state index in [1.807, 2.05) is 18.5 Å². The summed E-state index contributed by atoms with van der Waals surface area (Å²) in [5, 5.41) is 4.58. The minimum Gasteiger partial charge on any atom is -0.334 e. The first-order valence-electron chi connectivity index (χ1n) is 9.08. The molecule has 0 bridgehead atoms. The van der Waals surface area contributed by atoms with Crippen molar-refractivity contribution in [2.75, 3.05) is 6.54 Å². The summed E-state index contributed by atoms with van der Waals surface area (Å²) in [7, 11) is 0. The van der Waals surface area contributed by atoms with E-state index >= 15 is 0 Å². The van der Waals surface area contributed by atoms with E-state index < -0.39 is 0 Å². The molecule has 1 aromatic carbocycles. The zero-order chi connectivity index (χ0) is 20.1. The number of amides is 1. The highest BCUT2D eigenvalue weighted by Gasteiger charge is 2.20. The van der Waals surface area contributed by atoms with Crippen LogP contribution in [0.4, 0.5) is 4.39 Å². The molecular weight excluding hydrogens is 409 g/mol. The van der Waals surface area contributed by atoms with Gasteiger partial charge in [0.1, 0.15) is 5.82 Å². The smallest absolute Gasteiger partial charge is 0.227 e. The summed E-state index contributed by atoms with van der Waals surface area (Å²) in [6, 6.07) is 4.75. The zero-order valence-electron chi connectivity index (χ0n) is 16.4. The lowest BCUT2D eigenvalue weighted by molar-refractivity contribution is -0.130. The normalized spacial score (nSPS) is 11.1. The Labute approximate surface area is 169 Å². The third kappa shape index (κ3) is 5.51. The molecule has 0 radical (unpaired) electrons. The standard InChI is InChI=1S/C21H27BrFN3O/c1-6-9-25(13-17-10-18(22)7-8-20(17)23)21(27)11-19-15(4)24-26(16(19)5)12-14(2)3/h6-8,10,14H,1,9,11-13H2,2-5H3. The molecule has 27 heavy (non-hydrogen) atoms. The van der Waals surface area contributed by atoms with Crippen LogP contribution in [0.2, 0.25) is 0 Å². The molecule has 146 valence electrons. The highest BCUT2D eigenvalue weighted by atomic mass is 79.9. The Morgan fingerprint density at radius 2 is 2.11 bits per heavy atom. The summed E-state index contributed by atoms with van der Waals surface area (Å²) < 4.78 is 16.9. The fourth-order valence-corrected chi connectivity index (χ4v) is 3.47. The lowest BCUT2D eigenvalue weighted by Crippen LogP contribution is -2.32. The molecule has 1 aromatic heterocycles. The summed E-state index contributed by atoms with van der Waals surface area (Å²) in [5.41, 5.74) is 3.31. The van der Waals surface area contributed by atoms with Crippen LogP contribution in [-0.2, 0) is 24.3 Å². The average molecular weight is 436 g/mol. The molecule has 1 heterocycles. The van der Waals surface area contributed by atoms with Crippen LogP contribution in [0, 0.1) is 25.6 Å². The van der Waals surface area contributed by atoms with Crippen LogP contribution in [0.5, 0.6) is 0 Å². The SMILES string of the molecule is C=CCN(Cc1cc(Br)ccc1F)C(=O)Cc1c(C)nn(CC(C)C)c1C. The van der Waals surface area contributed by atoms with Gasteiger partial charge in [0.15, 0.2) is 0 Å². The van der Waals surface area contributed by atoms with Gasteiger partial charge in [-0.3, -0.25) is 9.48 Å². The number of rotatable bonds is 8. The van der Waals surface area contributed by atoms with Crippen molar-refractivity contribution in [1.29, 1.82) is 0 Å². The Bertz CT molecular complexity index is 829. The summed E-state index contributed by atoms with van der Waals surface area (Å²) >= 11 is 3.36. The van der Waals surface area contributed by atoms with Crippen molar-refractivity contribution < 1.29 is 9.18 Å². The molecule has 0 spiro atoms.